The van der Waals surface area contributed by atoms with Crippen LogP contribution in [0.5, 0.6) is 0 Å². The Morgan fingerprint density at radius 1 is 1.09 bits per heavy atom. The molecule has 10 nitrogen and oxygen atoms in total. The number of hydrogen-bond donors (Lipinski definition) is 3. The molecule has 1 aromatic carbocycles. The number of benzene rings is 1. The summed E-state index contributed by atoms with van der Waals surface area (Å²) in [5.41, 5.74) is -0.606. The smallest absolute Gasteiger partial charge is 0.383 e. The van der Waals surface area contributed by atoms with E-state index in [1.807, 2.05) is 0 Å². The topological polar surface area (TPSA) is 141 Å². The van der Waals surface area contributed by atoms with E-state index in [-0.39, 0.29) is 22.2 Å². The van der Waals surface area contributed by atoms with Crippen molar-refractivity contribution in [3.8, 4) is 11.4 Å². The van der Waals surface area contributed by atoms with E-state index < -0.39 is 90.6 Å². The summed E-state index contributed by atoms with van der Waals surface area (Å²) in [6.45, 7) is -5.09. The highest BCUT2D eigenvalue weighted by Crippen LogP contribution is 2.32. The molecule has 44 heavy (non-hydrogen) atoms. The first-order valence-corrected chi connectivity index (χ1v) is 12.3. The minimum absolute atomic E-state index is 0.129. The molecular formula is C25H20F9N7O3. The Morgan fingerprint density at radius 2 is 1.82 bits per heavy atom. The van der Waals surface area contributed by atoms with Crippen LogP contribution in [0.1, 0.15) is 24.0 Å². The van der Waals surface area contributed by atoms with Crippen LogP contribution < -0.4 is 22.2 Å². The summed E-state index contributed by atoms with van der Waals surface area (Å²) in [6, 6.07) is 1.67. The van der Waals surface area contributed by atoms with E-state index in [0.29, 0.717) is 6.20 Å². The van der Waals surface area contributed by atoms with E-state index in [4.69, 9.17) is 5.73 Å². The normalized spacial score (nSPS) is 13.5. The van der Waals surface area contributed by atoms with E-state index in [2.05, 4.69) is 25.1 Å². The summed E-state index contributed by atoms with van der Waals surface area (Å²) < 4.78 is 126. The molecule has 4 aromatic rings. The van der Waals surface area contributed by atoms with Crippen molar-refractivity contribution in [2.75, 3.05) is 17.7 Å². The second-order valence-electron chi connectivity index (χ2n) is 9.28. The molecule has 3 heterocycles. The van der Waals surface area contributed by atoms with Gasteiger partial charge in [-0.25, -0.2) is 32.6 Å². The summed E-state index contributed by atoms with van der Waals surface area (Å²) in [5.74, 6) is -1.95. The first kappa shape index (κ1) is 32.2. The van der Waals surface area contributed by atoms with Gasteiger partial charge >= 0.3 is 12.8 Å². The number of ether oxygens (including phenoxy) is 1. The van der Waals surface area contributed by atoms with Crippen LogP contribution >= 0.6 is 0 Å². The lowest BCUT2D eigenvalue weighted by atomic mass is 10.1. The number of rotatable bonds is 11. The van der Waals surface area contributed by atoms with Gasteiger partial charge in [0.2, 0.25) is 0 Å². The maximum Gasteiger partial charge on any atom is 0.423 e. The van der Waals surface area contributed by atoms with Gasteiger partial charge in [-0.05, 0) is 23.6 Å². The molecule has 3 aromatic heterocycles. The SMILES string of the molecule is Nc1nc(-c2cc3ccn(C[C@@H](F)C[C@@H](COC(F)F)Nc4cn[nH]c(=O)c4C(F)(F)F)c(=O)c3cc2F)ncc1C(F)F. The molecule has 0 bridgehead atoms. The van der Waals surface area contributed by atoms with Gasteiger partial charge < -0.3 is 20.4 Å². The fraction of sp³-hybridized carbons (Fsp3) is 0.320. The molecule has 0 aliphatic rings. The van der Waals surface area contributed by atoms with Crippen molar-refractivity contribution >= 4 is 22.3 Å². The van der Waals surface area contributed by atoms with Crippen LogP contribution in [0.2, 0.25) is 0 Å². The molecule has 0 radical (unpaired) electrons. The van der Waals surface area contributed by atoms with Crippen LogP contribution in [-0.2, 0) is 17.5 Å². The molecular weight excluding hydrogens is 617 g/mol. The van der Waals surface area contributed by atoms with Crippen LogP contribution in [0.25, 0.3) is 22.2 Å². The van der Waals surface area contributed by atoms with Gasteiger partial charge in [-0.2, -0.15) is 27.1 Å². The van der Waals surface area contributed by atoms with Crippen LogP contribution in [0.4, 0.5) is 51.0 Å². The number of aromatic amines is 1. The molecule has 236 valence electrons. The van der Waals surface area contributed by atoms with Gasteiger partial charge in [0.05, 0.1) is 47.6 Å². The Morgan fingerprint density at radius 3 is 2.45 bits per heavy atom. The third kappa shape index (κ3) is 7.26. The number of nitrogens with zero attached hydrogens (tertiary/aromatic N) is 4. The highest BCUT2D eigenvalue weighted by Gasteiger charge is 2.38. The maximum absolute atomic E-state index is 15.1. The van der Waals surface area contributed by atoms with Gasteiger partial charge in [-0.15, -0.1) is 0 Å². The second-order valence-corrected chi connectivity index (χ2v) is 9.28. The van der Waals surface area contributed by atoms with Crippen molar-refractivity contribution in [1.82, 2.24) is 24.7 Å². The second kappa shape index (κ2) is 12.9. The largest absolute Gasteiger partial charge is 0.423 e. The Labute approximate surface area is 239 Å². The van der Waals surface area contributed by atoms with Crippen molar-refractivity contribution in [2.24, 2.45) is 0 Å². The summed E-state index contributed by atoms with van der Waals surface area (Å²) in [7, 11) is 0. The van der Waals surface area contributed by atoms with Crippen LogP contribution in [0.3, 0.4) is 0 Å². The quantitative estimate of drug-likeness (QED) is 0.202. The number of anilines is 2. The molecule has 2 atom stereocenters. The zero-order valence-corrected chi connectivity index (χ0v) is 21.9. The van der Waals surface area contributed by atoms with E-state index in [0.717, 1.165) is 29.1 Å². The van der Waals surface area contributed by atoms with Gasteiger partial charge in [0.1, 0.15) is 23.4 Å². The number of aromatic nitrogens is 5. The van der Waals surface area contributed by atoms with E-state index in [9.17, 15) is 44.7 Å². The fourth-order valence-corrected chi connectivity index (χ4v) is 4.29. The summed E-state index contributed by atoms with van der Waals surface area (Å²) >= 11 is 0. The highest BCUT2D eigenvalue weighted by molar-refractivity contribution is 5.86. The van der Waals surface area contributed by atoms with Gasteiger partial charge in [0, 0.05) is 18.8 Å². The lowest BCUT2D eigenvalue weighted by molar-refractivity contribution is -0.138. The van der Waals surface area contributed by atoms with Gasteiger partial charge in [0.25, 0.3) is 17.5 Å². The van der Waals surface area contributed by atoms with Crippen molar-refractivity contribution in [1.29, 1.82) is 0 Å². The van der Waals surface area contributed by atoms with Gasteiger partial charge in [-0.1, -0.05) is 0 Å². The average Bonchev–Trinajstić information content (AvgIpc) is 2.92. The average molecular weight is 637 g/mol. The third-order valence-electron chi connectivity index (χ3n) is 6.25. The summed E-state index contributed by atoms with van der Waals surface area (Å²) in [4.78, 5) is 32.1. The Balaban J connectivity index is 1.58. The first-order valence-electron chi connectivity index (χ1n) is 12.3. The first-order chi connectivity index (χ1) is 20.6. The minimum Gasteiger partial charge on any atom is -0.383 e. The van der Waals surface area contributed by atoms with Crippen LogP contribution in [0, 0.1) is 5.82 Å². The lowest BCUT2D eigenvalue weighted by Crippen LogP contribution is -2.35. The standard InChI is InChI=1S/C25H20F9N7O3/c26-11(4-12(9-44-24(30)31)38-17-7-37-40-22(42)18(17)25(32,33)34)8-41-2-1-10-3-14(16(27)5-13(10)23(41)43)21-36-6-15(19(28)29)20(35)39-21/h1-3,5-7,11-12,19,24H,4,8-9H2,(H2,35,36,39)(H2,38,40,42)/t11-,12-/m0/s1. The number of nitrogen functional groups attached to an aromatic ring is 1. The predicted molar refractivity (Wildman–Crippen MR) is 137 cm³/mol. The zero-order chi connectivity index (χ0) is 32.3. The van der Waals surface area contributed by atoms with E-state index in [1.165, 1.54) is 6.07 Å². The molecule has 19 heteroatoms. The maximum atomic E-state index is 15.1. The fourth-order valence-electron chi connectivity index (χ4n) is 4.29. The number of hydrogen-bond acceptors (Lipinski definition) is 8. The predicted octanol–water partition coefficient (Wildman–Crippen LogP) is 4.67. The molecule has 0 aliphatic heterocycles. The van der Waals surface area contributed by atoms with Crippen LogP contribution in [-0.4, -0.2) is 50.2 Å². The Kier molecular flexibility index (Phi) is 9.45. The molecule has 0 spiro atoms. The molecule has 0 aliphatic carbocycles. The molecule has 0 saturated carbocycles. The Bertz CT molecular complexity index is 1760. The van der Waals surface area contributed by atoms with Crippen molar-refractivity contribution in [3.63, 3.8) is 0 Å². The molecule has 0 saturated heterocycles. The van der Waals surface area contributed by atoms with Gasteiger partial charge in [0.15, 0.2) is 5.82 Å². The summed E-state index contributed by atoms with van der Waals surface area (Å²) in [5, 5.41) is 6.88. The number of halogens is 9. The van der Waals surface area contributed by atoms with Gasteiger partial charge in [-0.3, -0.25) is 9.59 Å². The van der Waals surface area contributed by atoms with Crippen LogP contribution in [0.15, 0.2) is 46.4 Å². The van der Waals surface area contributed by atoms with E-state index >= 15 is 4.39 Å². The monoisotopic (exact) mass is 637 g/mol. The third-order valence-corrected chi connectivity index (χ3v) is 6.25. The number of H-pyrrole nitrogens is 1. The number of nitrogens with two attached hydrogens (primary N) is 1. The molecule has 0 amide bonds. The molecule has 4 N–H and O–H groups in total. The Hall–Kier alpha value is -4.68. The summed E-state index contributed by atoms with van der Waals surface area (Å²) in [6.07, 6.45) is -8.56. The van der Waals surface area contributed by atoms with Crippen molar-refractivity contribution in [3.05, 3.63) is 74.4 Å². The molecule has 0 fully saturated rings. The van der Waals surface area contributed by atoms with Crippen molar-refractivity contribution in [2.45, 2.75) is 44.4 Å². The highest BCUT2D eigenvalue weighted by atomic mass is 19.4. The number of pyridine rings is 1. The zero-order valence-electron chi connectivity index (χ0n) is 21.9. The van der Waals surface area contributed by atoms with E-state index in [1.54, 1.807) is 5.10 Å². The minimum atomic E-state index is -5.18. The number of alkyl halides is 8. The lowest BCUT2D eigenvalue weighted by Gasteiger charge is -2.23. The number of nitrogens with one attached hydrogen (secondary N) is 2. The molecule has 4 rings (SSSR count). The molecule has 0 unspecified atom stereocenters. The number of fused-ring (bicyclic) bond motifs is 1. The van der Waals surface area contributed by atoms with Crippen molar-refractivity contribution < 1.29 is 44.3 Å².